The van der Waals surface area contributed by atoms with E-state index >= 15 is 0 Å². The van der Waals surface area contributed by atoms with Gasteiger partial charge in [0.15, 0.2) is 5.16 Å². The van der Waals surface area contributed by atoms with E-state index in [-0.39, 0.29) is 17.6 Å². The molecule has 9 heteroatoms. The molecule has 0 radical (unpaired) electrons. The van der Waals surface area contributed by atoms with Crippen molar-refractivity contribution in [2.75, 3.05) is 18.2 Å². The quantitative estimate of drug-likeness (QED) is 0.425. The molecule has 0 atom stereocenters. The van der Waals surface area contributed by atoms with Crippen molar-refractivity contribution in [3.63, 3.8) is 0 Å². The SMILES string of the molecule is COC(=O)c1c(NC(=O)CSc2nnc(CC3CCCCC3)n2C)sc2c1CCCCCC2. The molecule has 180 valence electrons. The van der Waals surface area contributed by atoms with Gasteiger partial charge in [0.25, 0.3) is 0 Å². The molecule has 2 heterocycles. The molecule has 0 spiro atoms. The lowest BCUT2D eigenvalue weighted by Gasteiger charge is -2.20. The summed E-state index contributed by atoms with van der Waals surface area (Å²) < 4.78 is 7.07. The van der Waals surface area contributed by atoms with Gasteiger partial charge in [0.1, 0.15) is 10.8 Å². The number of anilines is 1. The molecule has 2 aliphatic carbocycles. The molecule has 0 bridgehead atoms. The Kier molecular flexibility index (Phi) is 8.46. The predicted octanol–water partition coefficient (Wildman–Crippen LogP) is 5.18. The maximum atomic E-state index is 12.8. The van der Waals surface area contributed by atoms with E-state index in [1.807, 2.05) is 11.6 Å². The summed E-state index contributed by atoms with van der Waals surface area (Å²) in [5, 5.41) is 13.1. The van der Waals surface area contributed by atoms with Gasteiger partial charge in [-0.05, 0) is 37.2 Å². The summed E-state index contributed by atoms with van der Waals surface area (Å²) in [6.07, 6.45) is 13.8. The molecule has 7 nitrogen and oxygen atoms in total. The van der Waals surface area contributed by atoms with Gasteiger partial charge in [-0.1, -0.05) is 56.7 Å². The molecular formula is C24H34N4O3S2. The topological polar surface area (TPSA) is 86.1 Å². The van der Waals surface area contributed by atoms with Gasteiger partial charge in [0.2, 0.25) is 5.91 Å². The third-order valence-electron chi connectivity index (χ3n) is 6.77. The molecule has 0 aromatic carbocycles. The lowest BCUT2D eigenvalue weighted by molar-refractivity contribution is -0.113. The molecule has 4 rings (SSSR count). The number of rotatable bonds is 7. The van der Waals surface area contributed by atoms with Crippen LogP contribution in [0.3, 0.4) is 0 Å². The number of carbonyl (C=O) groups is 2. The summed E-state index contributed by atoms with van der Waals surface area (Å²) in [4.78, 5) is 26.5. The first-order valence-electron chi connectivity index (χ1n) is 12.1. The third-order valence-corrected chi connectivity index (χ3v) is 8.99. The molecule has 1 saturated carbocycles. The Bertz CT molecular complexity index is 979. The highest BCUT2D eigenvalue weighted by molar-refractivity contribution is 7.99. The van der Waals surface area contributed by atoms with E-state index in [2.05, 4.69) is 15.5 Å². The standard InChI is InChI=1S/C24H34N4O3S2/c1-28-19(14-16-10-6-5-7-11-16)26-27-24(28)32-15-20(29)25-22-21(23(30)31-2)17-12-8-3-4-9-13-18(17)33-22/h16H,3-15H2,1-2H3,(H,25,29). The van der Waals surface area contributed by atoms with Crippen molar-refractivity contribution in [2.45, 2.75) is 82.2 Å². The Morgan fingerprint density at radius 3 is 2.58 bits per heavy atom. The lowest BCUT2D eigenvalue weighted by Crippen LogP contribution is -2.17. The number of hydrogen-bond acceptors (Lipinski definition) is 7. The molecule has 0 unspecified atom stereocenters. The number of hydrogen-bond donors (Lipinski definition) is 1. The molecule has 2 aromatic rings. The zero-order chi connectivity index (χ0) is 23.2. The van der Waals surface area contributed by atoms with Crippen LogP contribution in [0.25, 0.3) is 0 Å². The first kappa shape index (κ1) is 24.3. The summed E-state index contributed by atoms with van der Waals surface area (Å²) in [5.41, 5.74) is 1.61. The smallest absolute Gasteiger partial charge is 0.341 e. The third kappa shape index (κ3) is 5.98. The molecule has 2 aliphatic rings. The first-order valence-corrected chi connectivity index (χ1v) is 13.9. The van der Waals surface area contributed by atoms with Gasteiger partial charge in [0, 0.05) is 18.3 Å². The van der Waals surface area contributed by atoms with E-state index in [9.17, 15) is 9.59 Å². The highest BCUT2D eigenvalue weighted by Crippen LogP contribution is 2.37. The van der Waals surface area contributed by atoms with E-state index in [4.69, 9.17) is 4.74 Å². The monoisotopic (exact) mass is 490 g/mol. The van der Waals surface area contributed by atoms with Gasteiger partial charge < -0.3 is 14.6 Å². The van der Waals surface area contributed by atoms with Gasteiger partial charge in [-0.25, -0.2) is 4.79 Å². The minimum Gasteiger partial charge on any atom is -0.465 e. The number of aromatic nitrogens is 3. The van der Waals surface area contributed by atoms with Crippen molar-refractivity contribution in [2.24, 2.45) is 13.0 Å². The molecule has 2 aromatic heterocycles. The van der Waals surface area contributed by atoms with Crippen LogP contribution in [0.5, 0.6) is 0 Å². The summed E-state index contributed by atoms with van der Waals surface area (Å²) >= 11 is 2.91. The largest absolute Gasteiger partial charge is 0.465 e. The number of nitrogens with zero attached hydrogens (tertiary/aromatic N) is 3. The Morgan fingerprint density at radius 2 is 1.82 bits per heavy atom. The van der Waals surface area contributed by atoms with Gasteiger partial charge in [-0.3, -0.25) is 4.79 Å². The van der Waals surface area contributed by atoms with Crippen molar-refractivity contribution >= 4 is 40.0 Å². The molecule has 1 fully saturated rings. The normalized spacial score (nSPS) is 17.2. The van der Waals surface area contributed by atoms with Gasteiger partial charge in [0.05, 0.1) is 18.4 Å². The number of aryl methyl sites for hydroxylation is 1. The molecule has 1 amide bonds. The van der Waals surface area contributed by atoms with Crippen molar-refractivity contribution in [3.05, 3.63) is 21.8 Å². The maximum absolute atomic E-state index is 12.8. The van der Waals surface area contributed by atoms with Crippen LogP contribution in [0.2, 0.25) is 0 Å². The predicted molar refractivity (Wildman–Crippen MR) is 132 cm³/mol. The zero-order valence-corrected chi connectivity index (χ0v) is 21.3. The first-order chi connectivity index (χ1) is 16.1. The highest BCUT2D eigenvalue weighted by Gasteiger charge is 2.26. The fourth-order valence-corrected chi connectivity index (χ4v) is 6.94. The number of fused-ring (bicyclic) bond motifs is 1. The second-order valence-electron chi connectivity index (χ2n) is 9.12. The van der Waals surface area contributed by atoms with Crippen LogP contribution >= 0.6 is 23.1 Å². The average Bonchev–Trinajstić information content (AvgIpc) is 3.31. The maximum Gasteiger partial charge on any atom is 0.341 e. The average molecular weight is 491 g/mol. The fraction of sp³-hybridized carbons (Fsp3) is 0.667. The number of ether oxygens (including phenoxy) is 1. The summed E-state index contributed by atoms with van der Waals surface area (Å²) in [6.45, 7) is 0. The number of amides is 1. The van der Waals surface area contributed by atoms with E-state index in [0.29, 0.717) is 16.5 Å². The number of thioether (sulfide) groups is 1. The van der Waals surface area contributed by atoms with Crippen LogP contribution in [0, 0.1) is 5.92 Å². The molecule has 1 N–H and O–H groups in total. The zero-order valence-electron chi connectivity index (χ0n) is 19.7. The second-order valence-corrected chi connectivity index (χ2v) is 11.2. The van der Waals surface area contributed by atoms with Crippen LogP contribution in [0.15, 0.2) is 5.16 Å². The summed E-state index contributed by atoms with van der Waals surface area (Å²) in [6, 6.07) is 0. The molecule has 0 aliphatic heterocycles. The van der Waals surface area contributed by atoms with Gasteiger partial charge in [-0.15, -0.1) is 21.5 Å². The number of nitrogens with one attached hydrogen (secondary N) is 1. The number of thiophene rings is 1. The van der Waals surface area contributed by atoms with Crippen molar-refractivity contribution in [3.8, 4) is 0 Å². The van der Waals surface area contributed by atoms with Gasteiger partial charge >= 0.3 is 5.97 Å². The summed E-state index contributed by atoms with van der Waals surface area (Å²) in [5.74, 6) is 1.40. The Balaban J connectivity index is 1.40. The van der Waals surface area contributed by atoms with Crippen molar-refractivity contribution in [1.82, 2.24) is 14.8 Å². The van der Waals surface area contributed by atoms with Crippen LogP contribution < -0.4 is 5.32 Å². The summed E-state index contributed by atoms with van der Waals surface area (Å²) in [7, 11) is 3.38. The Hall–Kier alpha value is -1.87. The Morgan fingerprint density at radius 1 is 1.09 bits per heavy atom. The number of carbonyl (C=O) groups excluding carboxylic acids is 2. The molecular weight excluding hydrogens is 456 g/mol. The fourth-order valence-electron chi connectivity index (χ4n) is 4.92. The van der Waals surface area contributed by atoms with Crippen LogP contribution in [-0.4, -0.2) is 39.5 Å². The van der Waals surface area contributed by atoms with E-state index in [0.717, 1.165) is 48.6 Å². The highest BCUT2D eigenvalue weighted by atomic mass is 32.2. The van der Waals surface area contributed by atoms with Crippen LogP contribution in [0.1, 0.15) is 84.4 Å². The molecule has 33 heavy (non-hydrogen) atoms. The van der Waals surface area contributed by atoms with E-state index in [1.165, 1.54) is 80.0 Å². The van der Waals surface area contributed by atoms with Crippen LogP contribution in [-0.2, 0) is 35.8 Å². The minimum absolute atomic E-state index is 0.142. The lowest BCUT2D eigenvalue weighted by atomic mass is 9.87. The van der Waals surface area contributed by atoms with E-state index in [1.54, 1.807) is 0 Å². The molecule has 0 saturated heterocycles. The second kappa shape index (κ2) is 11.5. The Labute approximate surface area is 204 Å². The van der Waals surface area contributed by atoms with Crippen molar-refractivity contribution < 1.29 is 14.3 Å². The minimum atomic E-state index is -0.364. The van der Waals surface area contributed by atoms with Gasteiger partial charge in [-0.2, -0.15) is 0 Å². The van der Waals surface area contributed by atoms with Crippen LogP contribution in [0.4, 0.5) is 5.00 Å². The number of esters is 1. The number of methoxy groups -OCH3 is 1. The van der Waals surface area contributed by atoms with E-state index < -0.39 is 0 Å². The van der Waals surface area contributed by atoms with Crippen molar-refractivity contribution in [1.29, 1.82) is 0 Å².